The minimum Gasteiger partial charge on any atom is -0.462 e. The minimum atomic E-state index is -0.480. The molecule has 4 rings (SSSR count). The molecule has 0 aliphatic carbocycles. The molecule has 0 saturated heterocycles. The van der Waals surface area contributed by atoms with Gasteiger partial charge in [-0.25, -0.2) is 23.7 Å². The number of rotatable bonds is 7. The highest BCUT2D eigenvalue weighted by Gasteiger charge is 2.17. The molecule has 168 valence electrons. The zero-order valence-corrected chi connectivity index (χ0v) is 18.2. The van der Waals surface area contributed by atoms with Gasteiger partial charge < -0.3 is 10.1 Å². The Hall–Kier alpha value is -4.34. The van der Waals surface area contributed by atoms with E-state index in [1.807, 2.05) is 13.0 Å². The highest BCUT2D eigenvalue weighted by Crippen LogP contribution is 2.17. The van der Waals surface area contributed by atoms with Gasteiger partial charge in [-0.15, -0.1) is 5.10 Å². The predicted octanol–water partition coefficient (Wildman–Crippen LogP) is 2.33. The van der Waals surface area contributed by atoms with Gasteiger partial charge in [-0.2, -0.15) is 0 Å². The number of hydrogen-bond donors (Lipinski definition) is 1. The van der Waals surface area contributed by atoms with E-state index < -0.39 is 17.6 Å². The van der Waals surface area contributed by atoms with E-state index >= 15 is 0 Å². The fourth-order valence-corrected chi connectivity index (χ4v) is 3.30. The quantitative estimate of drug-likeness (QED) is 0.433. The van der Waals surface area contributed by atoms with Crippen LogP contribution in [0.4, 0.5) is 5.69 Å². The lowest BCUT2D eigenvalue weighted by atomic mass is 10.2. The molecule has 0 aliphatic heterocycles. The van der Waals surface area contributed by atoms with Gasteiger partial charge in [0, 0.05) is 35.4 Å². The minimum absolute atomic E-state index is 0.281. The van der Waals surface area contributed by atoms with Crippen LogP contribution in [0.15, 0.2) is 59.7 Å². The van der Waals surface area contributed by atoms with Crippen LogP contribution in [0.25, 0.3) is 17.0 Å². The Kier molecular flexibility index (Phi) is 6.25. The number of aromatic nitrogens is 5. The van der Waals surface area contributed by atoms with Crippen molar-refractivity contribution in [1.29, 1.82) is 0 Å². The second-order valence-electron chi connectivity index (χ2n) is 7.15. The summed E-state index contributed by atoms with van der Waals surface area (Å²) in [5.74, 6) is -0.448. The molecule has 4 aromatic rings. The standard InChI is InChI=1S/C23H22N6O4/c1-3-17-12-19-27-28(23(32)29(19)21(26-17)16-6-5-11-24-13-16)14-20(30)25-18-9-7-15(8-10-18)22(31)33-4-2/h5-13H,3-4,14H2,1-2H3,(H,25,30). The molecule has 0 aliphatic rings. The average Bonchev–Trinajstić information content (AvgIpc) is 3.14. The van der Waals surface area contributed by atoms with Crippen molar-refractivity contribution >= 4 is 23.2 Å². The van der Waals surface area contributed by atoms with Gasteiger partial charge in [0.25, 0.3) is 0 Å². The summed E-state index contributed by atoms with van der Waals surface area (Å²) in [4.78, 5) is 46.1. The number of hydrogen-bond acceptors (Lipinski definition) is 7. The largest absolute Gasteiger partial charge is 0.462 e. The summed E-state index contributed by atoms with van der Waals surface area (Å²) in [6.07, 6.45) is 3.92. The monoisotopic (exact) mass is 446 g/mol. The van der Waals surface area contributed by atoms with E-state index in [0.29, 0.717) is 34.7 Å². The topological polar surface area (TPSA) is 120 Å². The number of nitrogens with zero attached hydrogens (tertiary/aromatic N) is 5. The van der Waals surface area contributed by atoms with Crippen molar-refractivity contribution in [3.05, 3.63) is 76.6 Å². The van der Waals surface area contributed by atoms with Crippen LogP contribution < -0.4 is 11.0 Å². The lowest BCUT2D eigenvalue weighted by Gasteiger charge is -2.06. The molecule has 0 saturated carbocycles. The molecular formula is C23H22N6O4. The van der Waals surface area contributed by atoms with E-state index in [1.165, 1.54) is 4.40 Å². The zero-order valence-electron chi connectivity index (χ0n) is 18.2. The third kappa shape index (κ3) is 4.64. The van der Waals surface area contributed by atoms with Gasteiger partial charge in [-0.1, -0.05) is 6.92 Å². The molecule has 10 nitrogen and oxygen atoms in total. The summed E-state index contributed by atoms with van der Waals surface area (Å²) in [7, 11) is 0. The van der Waals surface area contributed by atoms with Crippen LogP contribution in [0.1, 0.15) is 29.9 Å². The van der Waals surface area contributed by atoms with Gasteiger partial charge in [0.15, 0.2) is 11.5 Å². The molecular weight excluding hydrogens is 424 g/mol. The molecule has 3 heterocycles. The summed E-state index contributed by atoms with van der Waals surface area (Å²) in [5, 5.41) is 7.03. The summed E-state index contributed by atoms with van der Waals surface area (Å²) in [6, 6.07) is 11.6. The molecule has 0 atom stereocenters. The normalized spacial score (nSPS) is 10.8. The lowest BCUT2D eigenvalue weighted by Crippen LogP contribution is -2.28. The van der Waals surface area contributed by atoms with Gasteiger partial charge in [-0.05, 0) is 49.7 Å². The molecule has 10 heteroatoms. The number of anilines is 1. The number of amides is 1. The Bertz CT molecular complexity index is 1360. The Balaban J connectivity index is 1.59. The van der Waals surface area contributed by atoms with Crippen molar-refractivity contribution < 1.29 is 14.3 Å². The van der Waals surface area contributed by atoms with Crippen LogP contribution in [-0.4, -0.2) is 42.6 Å². The van der Waals surface area contributed by atoms with Crippen LogP contribution in [-0.2, 0) is 22.5 Å². The molecule has 1 amide bonds. The van der Waals surface area contributed by atoms with Crippen LogP contribution in [0.5, 0.6) is 0 Å². The molecule has 33 heavy (non-hydrogen) atoms. The third-order valence-corrected chi connectivity index (χ3v) is 4.88. The van der Waals surface area contributed by atoms with Gasteiger partial charge in [0.2, 0.25) is 5.91 Å². The van der Waals surface area contributed by atoms with Gasteiger partial charge in [-0.3, -0.25) is 9.78 Å². The SMILES string of the molecule is CCOC(=O)c1ccc(NC(=O)Cn2nc3cc(CC)nc(-c4cccnc4)n3c2=O)cc1. The first kappa shape index (κ1) is 21.9. The second-order valence-corrected chi connectivity index (χ2v) is 7.15. The Morgan fingerprint density at radius 3 is 2.58 bits per heavy atom. The maximum absolute atomic E-state index is 13.1. The smallest absolute Gasteiger partial charge is 0.352 e. The van der Waals surface area contributed by atoms with E-state index in [1.54, 1.807) is 55.7 Å². The van der Waals surface area contributed by atoms with E-state index in [9.17, 15) is 14.4 Å². The molecule has 0 unspecified atom stereocenters. The predicted molar refractivity (Wildman–Crippen MR) is 121 cm³/mol. The number of esters is 1. The van der Waals surface area contributed by atoms with Crippen molar-refractivity contribution in [2.45, 2.75) is 26.8 Å². The van der Waals surface area contributed by atoms with Crippen molar-refractivity contribution in [1.82, 2.24) is 24.1 Å². The summed E-state index contributed by atoms with van der Waals surface area (Å²) < 4.78 is 7.41. The number of carbonyl (C=O) groups excluding carboxylic acids is 2. The average molecular weight is 446 g/mol. The first-order chi connectivity index (χ1) is 16.0. The van der Waals surface area contributed by atoms with Crippen molar-refractivity contribution in [3.8, 4) is 11.4 Å². The number of pyridine rings is 1. The van der Waals surface area contributed by atoms with Crippen molar-refractivity contribution in [2.24, 2.45) is 0 Å². The molecule has 1 N–H and O–H groups in total. The van der Waals surface area contributed by atoms with Gasteiger partial charge in [0.05, 0.1) is 12.2 Å². The summed E-state index contributed by atoms with van der Waals surface area (Å²) >= 11 is 0. The van der Waals surface area contributed by atoms with Gasteiger partial charge in [0.1, 0.15) is 6.54 Å². The molecule has 3 aromatic heterocycles. The fourth-order valence-electron chi connectivity index (χ4n) is 3.30. The molecule has 0 bridgehead atoms. The Labute approximate surface area is 188 Å². The summed E-state index contributed by atoms with van der Waals surface area (Å²) in [5.41, 5.74) is 2.23. The van der Waals surface area contributed by atoms with Crippen molar-refractivity contribution in [3.63, 3.8) is 0 Å². The molecule has 1 aromatic carbocycles. The number of fused-ring (bicyclic) bond motifs is 1. The highest BCUT2D eigenvalue weighted by molar-refractivity contribution is 5.93. The first-order valence-electron chi connectivity index (χ1n) is 10.5. The van der Waals surface area contributed by atoms with Crippen LogP contribution in [0.2, 0.25) is 0 Å². The number of aryl methyl sites for hydroxylation is 1. The van der Waals surface area contributed by atoms with E-state index in [2.05, 4.69) is 20.4 Å². The van der Waals surface area contributed by atoms with Crippen LogP contribution in [0.3, 0.4) is 0 Å². The molecule has 0 spiro atoms. The van der Waals surface area contributed by atoms with Crippen LogP contribution >= 0.6 is 0 Å². The lowest BCUT2D eigenvalue weighted by molar-refractivity contribution is -0.117. The number of ether oxygens (including phenoxy) is 1. The second kappa shape index (κ2) is 9.43. The first-order valence-corrected chi connectivity index (χ1v) is 10.5. The van der Waals surface area contributed by atoms with E-state index in [4.69, 9.17) is 4.74 Å². The van der Waals surface area contributed by atoms with Gasteiger partial charge >= 0.3 is 11.7 Å². The number of nitrogens with one attached hydrogen (secondary N) is 1. The van der Waals surface area contributed by atoms with E-state index in [0.717, 1.165) is 10.4 Å². The maximum atomic E-state index is 13.1. The molecule has 0 fully saturated rings. The third-order valence-electron chi connectivity index (χ3n) is 4.88. The zero-order chi connectivity index (χ0) is 23.4. The Morgan fingerprint density at radius 1 is 1.12 bits per heavy atom. The van der Waals surface area contributed by atoms with E-state index in [-0.39, 0.29) is 13.2 Å². The number of benzene rings is 1. The van der Waals surface area contributed by atoms with Crippen molar-refractivity contribution in [2.75, 3.05) is 11.9 Å². The highest BCUT2D eigenvalue weighted by atomic mass is 16.5. The van der Waals surface area contributed by atoms with Crippen LogP contribution in [0, 0.1) is 0 Å². The summed E-state index contributed by atoms with van der Waals surface area (Å²) in [6.45, 7) is 3.69. The Morgan fingerprint density at radius 2 is 1.91 bits per heavy atom. The maximum Gasteiger partial charge on any atom is 0.352 e. The fraction of sp³-hybridized carbons (Fsp3) is 0.217. The molecule has 0 radical (unpaired) electrons. The number of carbonyl (C=O) groups is 2.